The fourth-order valence-corrected chi connectivity index (χ4v) is 2.22. The van der Waals surface area contributed by atoms with Crippen molar-refractivity contribution in [1.29, 1.82) is 0 Å². The number of nitrogens with zero attached hydrogens (tertiary/aromatic N) is 1. The second-order valence-electron chi connectivity index (χ2n) is 4.60. The molecule has 1 aliphatic rings. The number of carbonyl (C=O) groups is 1. The van der Waals surface area contributed by atoms with E-state index in [0.717, 1.165) is 17.0 Å². The van der Waals surface area contributed by atoms with E-state index in [1.54, 1.807) is 4.90 Å². The minimum atomic E-state index is -0.422. The van der Waals surface area contributed by atoms with Crippen LogP contribution in [0, 0.1) is 0 Å². The maximum Gasteiger partial charge on any atom is 0.236 e. The van der Waals surface area contributed by atoms with E-state index in [9.17, 15) is 4.79 Å². The van der Waals surface area contributed by atoms with Gasteiger partial charge in [0.05, 0.1) is 17.7 Å². The maximum absolute atomic E-state index is 12.0. The highest BCUT2D eigenvalue weighted by molar-refractivity contribution is 6.07. The van der Waals surface area contributed by atoms with Crippen molar-refractivity contribution in [3.63, 3.8) is 0 Å². The van der Waals surface area contributed by atoms with Crippen LogP contribution in [0.1, 0.15) is 26.3 Å². The van der Waals surface area contributed by atoms with Crippen LogP contribution >= 0.6 is 0 Å². The minimum Gasteiger partial charge on any atom is -0.494 e. The van der Waals surface area contributed by atoms with Crippen molar-refractivity contribution in [3.8, 4) is 5.75 Å². The predicted molar refractivity (Wildman–Crippen MR) is 64.0 cm³/mol. The van der Waals surface area contributed by atoms with Crippen LogP contribution in [-0.4, -0.2) is 19.6 Å². The van der Waals surface area contributed by atoms with E-state index in [2.05, 4.69) is 0 Å². The molecule has 1 amide bonds. The van der Waals surface area contributed by atoms with Gasteiger partial charge >= 0.3 is 0 Å². The molecule has 3 heteroatoms. The SMILES string of the molecule is CCOc1ccc2c(c1)N(C)C(=O)C2(C)C. The van der Waals surface area contributed by atoms with Gasteiger partial charge in [-0.1, -0.05) is 6.07 Å². The first-order valence-electron chi connectivity index (χ1n) is 5.54. The molecule has 1 aromatic rings. The van der Waals surface area contributed by atoms with Crippen molar-refractivity contribution in [2.45, 2.75) is 26.2 Å². The first-order chi connectivity index (χ1) is 7.48. The third-order valence-electron chi connectivity index (χ3n) is 3.15. The zero-order valence-corrected chi connectivity index (χ0v) is 10.2. The summed E-state index contributed by atoms with van der Waals surface area (Å²) in [5.74, 6) is 0.953. The van der Waals surface area contributed by atoms with Crippen molar-refractivity contribution in [1.82, 2.24) is 0 Å². The first kappa shape index (κ1) is 11.0. The van der Waals surface area contributed by atoms with Crippen LogP contribution in [0.3, 0.4) is 0 Å². The number of amides is 1. The fraction of sp³-hybridized carbons (Fsp3) is 0.462. The highest BCUT2D eigenvalue weighted by Gasteiger charge is 2.42. The Kier molecular flexibility index (Phi) is 2.41. The number of benzene rings is 1. The van der Waals surface area contributed by atoms with Crippen molar-refractivity contribution in [3.05, 3.63) is 23.8 Å². The van der Waals surface area contributed by atoms with Gasteiger partial charge in [-0.3, -0.25) is 4.79 Å². The van der Waals surface area contributed by atoms with Crippen molar-refractivity contribution in [2.24, 2.45) is 0 Å². The molecule has 0 aliphatic carbocycles. The van der Waals surface area contributed by atoms with Gasteiger partial charge in [0.1, 0.15) is 5.75 Å². The summed E-state index contributed by atoms with van der Waals surface area (Å²) in [6, 6.07) is 5.85. The lowest BCUT2D eigenvalue weighted by molar-refractivity contribution is -0.121. The Morgan fingerprint density at radius 3 is 2.69 bits per heavy atom. The Labute approximate surface area is 96.0 Å². The molecule has 86 valence electrons. The second-order valence-corrected chi connectivity index (χ2v) is 4.60. The van der Waals surface area contributed by atoms with E-state index < -0.39 is 5.41 Å². The summed E-state index contributed by atoms with van der Waals surface area (Å²) in [5.41, 5.74) is 1.61. The second kappa shape index (κ2) is 3.51. The van der Waals surface area contributed by atoms with Gasteiger partial charge in [0, 0.05) is 13.1 Å². The standard InChI is InChI=1S/C13H17NO2/c1-5-16-9-6-7-10-11(8-9)14(4)12(15)13(10,2)3/h6-8H,5H2,1-4H3. The van der Waals surface area contributed by atoms with Gasteiger partial charge in [0.2, 0.25) is 5.91 Å². The lowest BCUT2D eigenvalue weighted by atomic mass is 9.86. The number of anilines is 1. The number of carbonyl (C=O) groups excluding carboxylic acids is 1. The van der Waals surface area contributed by atoms with Crippen molar-refractivity contribution in [2.75, 3.05) is 18.6 Å². The molecule has 0 fully saturated rings. The smallest absolute Gasteiger partial charge is 0.236 e. The summed E-state index contributed by atoms with van der Waals surface area (Å²) >= 11 is 0. The Morgan fingerprint density at radius 2 is 2.06 bits per heavy atom. The highest BCUT2D eigenvalue weighted by atomic mass is 16.5. The monoisotopic (exact) mass is 219 g/mol. The fourth-order valence-electron chi connectivity index (χ4n) is 2.22. The van der Waals surface area contributed by atoms with Gasteiger partial charge in [0.15, 0.2) is 0 Å². The molecular weight excluding hydrogens is 202 g/mol. The number of fused-ring (bicyclic) bond motifs is 1. The van der Waals surface area contributed by atoms with Gasteiger partial charge in [-0.05, 0) is 32.4 Å². The topological polar surface area (TPSA) is 29.5 Å². The maximum atomic E-state index is 12.0. The zero-order valence-electron chi connectivity index (χ0n) is 10.2. The quantitative estimate of drug-likeness (QED) is 0.764. The number of likely N-dealkylation sites (N-methyl/N-ethyl adjacent to an activating group) is 1. The molecule has 0 saturated carbocycles. The predicted octanol–water partition coefficient (Wildman–Crippen LogP) is 2.34. The largest absolute Gasteiger partial charge is 0.494 e. The zero-order chi connectivity index (χ0) is 11.9. The molecule has 0 atom stereocenters. The van der Waals surface area contributed by atoms with Gasteiger partial charge in [-0.15, -0.1) is 0 Å². The van der Waals surface area contributed by atoms with Gasteiger partial charge < -0.3 is 9.64 Å². The molecule has 1 aliphatic heterocycles. The average molecular weight is 219 g/mol. The van der Waals surface area contributed by atoms with Crippen molar-refractivity contribution >= 4 is 11.6 Å². The van der Waals surface area contributed by atoms with E-state index in [1.807, 2.05) is 46.0 Å². The molecule has 0 bridgehead atoms. The van der Waals surface area contributed by atoms with Crippen LogP contribution in [-0.2, 0) is 10.2 Å². The van der Waals surface area contributed by atoms with Crippen LogP contribution in [0.25, 0.3) is 0 Å². The summed E-state index contributed by atoms with van der Waals surface area (Å²) in [5, 5.41) is 0. The molecule has 0 unspecified atom stereocenters. The Balaban J connectivity index is 2.50. The third kappa shape index (κ3) is 1.39. The van der Waals surface area contributed by atoms with Gasteiger partial charge in [0.25, 0.3) is 0 Å². The molecule has 16 heavy (non-hydrogen) atoms. The summed E-state index contributed by atoms with van der Waals surface area (Å²) in [6.07, 6.45) is 0. The van der Waals surface area contributed by atoms with Crippen LogP contribution in [0.2, 0.25) is 0 Å². The van der Waals surface area contributed by atoms with Crippen LogP contribution in [0.5, 0.6) is 5.75 Å². The number of rotatable bonds is 2. The highest BCUT2D eigenvalue weighted by Crippen LogP contribution is 2.42. The van der Waals surface area contributed by atoms with E-state index in [-0.39, 0.29) is 5.91 Å². The normalized spacial score (nSPS) is 17.5. The van der Waals surface area contributed by atoms with Crippen LogP contribution in [0.15, 0.2) is 18.2 Å². The van der Waals surface area contributed by atoms with E-state index in [0.29, 0.717) is 6.61 Å². The molecule has 1 heterocycles. The first-order valence-corrected chi connectivity index (χ1v) is 5.54. The van der Waals surface area contributed by atoms with Crippen molar-refractivity contribution < 1.29 is 9.53 Å². The lowest BCUT2D eigenvalue weighted by Crippen LogP contribution is -2.33. The summed E-state index contributed by atoms with van der Waals surface area (Å²) in [7, 11) is 1.81. The minimum absolute atomic E-state index is 0.135. The Hall–Kier alpha value is -1.51. The van der Waals surface area contributed by atoms with E-state index in [4.69, 9.17) is 4.74 Å². The molecule has 0 aromatic heterocycles. The third-order valence-corrected chi connectivity index (χ3v) is 3.15. The molecule has 0 radical (unpaired) electrons. The van der Waals surface area contributed by atoms with E-state index in [1.165, 1.54) is 0 Å². The number of hydrogen-bond donors (Lipinski definition) is 0. The lowest BCUT2D eigenvalue weighted by Gasteiger charge is -2.16. The van der Waals surface area contributed by atoms with E-state index >= 15 is 0 Å². The molecule has 1 aromatic carbocycles. The van der Waals surface area contributed by atoms with Gasteiger partial charge in [-0.2, -0.15) is 0 Å². The Bertz CT molecular complexity index is 438. The number of hydrogen-bond acceptors (Lipinski definition) is 2. The number of ether oxygens (including phenoxy) is 1. The molecule has 2 rings (SSSR count). The summed E-state index contributed by atoms with van der Waals surface area (Å²) in [6.45, 7) is 6.50. The van der Waals surface area contributed by atoms with Gasteiger partial charge in [-0.25, -0.2) is 0 Å². The van der Waals surface area contributed by atoms with Crippen LogP contribution < -0.4 is 9.64 Å². The summed E-state index contributed by atoms with van der Waals surface area (Å²) in [4.78, 5) is 13.7. The average Bonchev–Trinajstić information content (AvgIpc) is 2.41. The Morgan fingerprint density at radius 1 is 1.38 bits per heavy atom. The summed E-state index contributed by atoms with van der Waals surface area (Å²) < 4.78 is 5.44. The molecule has 0 N–H and O–H groups in total. The molecule has 0 spiro atoms. The molecule has 3 nitrogen and oxygen atoms in total. The molecule has 0 saturated heterocycles. The van der Waals surface area contributed by atoms with Crippen LogP contribution in [0.4, 0.5) is 5.69 Å². The molecular formula is C13H17NO2.